The largest absolute Gasteiger partial charge is 0.392 e. The molecule has 0 aliphatic heterocycles. The van der Waals surface area contributed by atoms with Gasteiger partial charge in [-0.05, 0) is 31.0 Å². The average Bonchev–Trinajstić information content (AvgIpc) is 2.10. The molecule has 0 heterocycles. The molecule has 3 heteroatoms. The number of aliphatic hydroxyl groups is 1. The summed E-state index contributed by atoms with van der Waals surface area (Å²) in [6.45, 7) is 5.13. The van der Waals surface area contributed by atoms with Gasteiger partial charge in [0.05, 0.1) is 6.10 Å². The van der Waals surface area contributed by atoms with Crippen LogP contribution >= 0.6 is 11.6 Å². The molecule has 78 valence electrons. The summed E-state index contributed by atoms with van der Waals surface area (Å²) >= 11 is 5.90. The normalized spacial score (nSPS) is 12.9. The molecule has 2 nitrogen and oxygen atoms in total. The Labute approximate surface area is 89.9 Å². The van der Waals surface area contributed by atoms with Gasteiger partial charge in [0.25, 0.3) is 0 Å². The zero-order chi connectivity index (χ0) is 10.6. The van der Waals surface area contributed by atoms with E-state index in [0.717, 1.165) is 17.1 Å². The molecule has 1 aromatic carbocycles. The van der Waals surface area contributed by atoms with E-state index in [0.29, 0.717) is 6.54 Å². The van der Waals surface area contributed by atoms with Crippen LogP contribution in [0.15, 0.2) is 18.2 Å². The summed E-state index contributed by atoms with van der Waals surface area (Å²) in [6, 6.07) is 5.94. The number of aryl methyl sites for hydroxylation is 1. The molecular formula is C11H16ClNO. The van der Waals surface area contributed by atoms with E-state index in [9.17, 15) is 0 Å². The van der Waals surface area contributed by atoms with Crippen LogP contribution in [0.1, 0.15) is 18.1 Å². The summed E-state index contributed by atoms with van der Waals surface area (Å²) in [4.78, 5) is 0. The van der Waals surface area contributed by atoms with Crippen molar-refractivity contribution < 1.29 is 5.11 Å². The molecule has 0 aromatic heterocycles. The fraction of sp³-hybridized carbons (Fsp3) is 0.455. The second kappa shape index (κ2) is 5.35. The second-order valence-corrected chi connectivity index (χ2v) is 3.97. The van der Waals surface area contributed by atoms with Crippen LogP contribution in [0.25, 0.3) is 0 Å². The first-order chi connectivity index (χ1) is 6.59. The number of nitrogens with one attached hydrogen (secondary N) is 1. The minimum atomic E-state index is -0.302. The van der Waals surface area contributed by atoms with Gasteiger partial charge < -0.3 is 10.4 Å². The van der Waals surface area contributed by atoms with Crippen molar-refractivity contribution in [3.8, 4) is 0 Å². The zero-order valence-corrected chi connectivity index (χ0v) is 9.30. The van der Waals surface area contributed by atoms with Crippen LogP contribution in [0.3, 0.4) is 0 Å². The fourth-order valence-corrected chi connectivity index (χ4v) is 1.36. The van der Waals surface area contributed by atoms with E-state index in [1.807, 2.05) is 19.1 Å². The van der Waals surface area contributed by atoms with E-state index >= 15 is 0 Å². The quantitative estimate of drug-likeness (QED) is 0.803. The maximum Gasteiger partial charge on any atom is 0.0636 e. The number of rotatable bonds is 4. The molecule has 0 amide bonds. The van der Waals surface area contributed by atoms with Gasteiger partial charge in [0.15, 0.2) is 0 Å². The van der Waals surface area contributed by atoms with E-state index in [-0.39, 0.29) is 6.10 Å². The van der Waals surface area contributed by atoms with Crippen LogP contribution in [0.4, 0.5) is 0 Å². The first kappa shape index (κ1) is 11.5. The Bertz CT molecular complexity index is 299. The van der Waals surface area contributed by atoms with E-state index in [4.69, 9.17) is 16.7 Å². The van der Waals surface area contributed by atoms with Crippen LogP contribution in [0.5, 0.6) is 0 Å². The van der Waals surface area contributed by atoms with Gasteiger partial charge in [-0.2, -0.15) is 0 Å². The third-order valence-electron chi connectivity index (χ3n) is 1.99. The molecule has 0 aliphatic carbocycles. The molecule has 1 aromatic rings. The summed E-state index contributed by atoms with van der Waals surface area (Å²) in [5.41, 5.74) is 2.27. The van der Waals surface area contributed by atoms with Crippen LogP contribution in [0.2, 0.25) is 5.02 Å². The molecule has 14 heavy (non-hydrogen) atoms. The van der Waals surface area contributed by atoms with E-state index in [1.54, 1.807) is 6.92 Å². The van der Waals surface area contributed by atoms with Crippen molar-refractivity contribution in [1.82, 2.24) is 5.32 Å². The monoisotopic (exact) mass is 213 g/mol. The van der Waals surface area contributed by atoms with E-state index in [1.165, 1.54) is 5.56 Å². The van der Waals surface area contributed by atoms with Crippen molar-refractivity contribution in [2.75, 3.05) is 6.54 Å². The summed E-state index contributed by atoms with van der Waals surface area (Å²) in [5.74, 6) is 0. The van der Waals surface area contributed by atoms with Gasteiger partial charge in [-0.1, -0.05) is 23.7 Å². The number of halogens is 1. The summed E-state index contributed by atoms with van der Waals surface area (Å²) in [5, 5.41) is 13.0. The molecule has 0 unspecified atom stereocenters. The summed E-state index contributed by atoms with van der Waals surface area (Å²) in [6.07, 6.45) is -0.302. The van der Waals surface area contributed by atoms with Gasteiger partial charge in [0.2, 0.25) is 0 Å². The van der Waals surface area contributed by atoms with Gasteiger partial charge in [-0.25, -0.2) is 0 Å². The fourth-order valence-electron chi connectivity index (χ4n) is 1.24. The first-order valence-corrected chi connectivity index (χ1v) is 5.11. The van der Waals surface area contributed by atoms with Crippen molar-refractivity contribution in [2.45, 2.75) is 26.5 Å². The lowest BCUT2D eigenvalue weighted by Crippen LogP contribution is -2.23. The highest BCUT2D eigenvalue weighted by Crippen LogP contribution is 2.15. The van der Waals surface area contributed by atoms with Crippen molar-refractivity contribution in [1.29, 1.82) is 0 Å². The molecule has 0 bridgehead atoms. The lowest BCUT2D eigenvalue weighted by molar-refractivity contribution is 0.191. The number of hydrogen-bond donors (Lipinski definition) is 2. The van der Waals surface area contributed by atoms with E-state index in [2.05, 4.69) is 11.4 Å². The lowest BCUT2D eigenvalue weighted by atomic mass is 10.1. The second-order valence-electron chi connectivity index (χ2n) is 3.56. The minimum Gasteiger partial charge on any atom is -0.392 e. The summed E-state index contributed by atoms with van der Waals surface area (Å²) in [7, 11) is 0. The Kier molecular flexibility index (Phi) is 4.39. The third kappa shape index (κ3) is 3.66. The highest BCUT2D eigenvalue weighted by Gasteiger charge is 1.98. The molecule has 0 spiro atoms. The van der Waals surface area contributed by atoms with Crippen LogP contribution in [0, 0.1) is 6.92 Å². The number of hydrogen-bond acceptors (Lipinski definition) is 2. The molecule has 0 radical (unpaired) electrons. The number of benzene rings is 1. The molecule has 0 saturated heterocycles. The highest BCUT2D eigenvalue weighted by molar-refractivity contribution is 6.31. The Hall–Kier alpha value is -0.570. The van der Waals surface area contributed by atoms with Gasteiger partial charge >= 0.3 is 0 Å². The molecule has 0 saturated carbocycles. The van der Waals surface area contributed by atoms with Crippen LogP contribution < -0.4 is 5.32 Å². The Morgan fingerprint density at radius 2 is 2.21 bits per heavy atom. The lowest BCUT2D eigenvalue weighted by Gasteiger charge is -2.07. The molecule has 1 atom stereocenters. The SMILES string of the molecule is Cc1cc(CNC[C@H](C)O)ccc1Cl. The van der Waals surface area contributed by atoms with Gasteiger partial charge in [0.1, 0.15) is 0 Å². The van der Waals surface area contributed by atoms with Gasteiger partial charge in [-0.3, -0.25) is 0 Å². The van der Waals surface area contributed by atoms with Crippen molar-refractivity contribution in [3.63, 3.8) is 0 Å². The molecular weight excluding hydrogens is 198 g/mol. The van der Waals surface area contributed by atoms with Gasteiger partial charge in [0, 0.05) is 18.1 Å². The topological polar surface area (TPSA) is 32.3 Å². The van der Waals surface area contributed by atoms with Crippen LogP contribution in [-0.2, 0) is 6.54 Å². The highest BCUT2D eigenvalue weighted by atomic mass is 35.5. The van der Waals surface area contributed by atoms with Crippen molar-refractivity contribution >= 4 is 11.6 Å². The van der Waals surface area contributed by atoms with Gasteiger partial charge in [-0.15, -0.1) is 0 Å². The molecule has 0 fully saturated rings. The Morgan fingerprint density at radius 3 is 2.79 bits per heavy atom. The predicted octanol–water partition coefficient (Wildman–Crippen LogP) is 2.12. The first-order valence-electron chi connectivity index (χ1n) is 4.73. The predicted molar refractivity (Wildman–Crippen MR) is 59.6 cm³/mol. The maximum absolute atomic E-state index is 9.05. The molecule has 2 N–H and O–H groups in total. The smallest absolute Gasteiger partial charge is 0.0636 e. The van der Waals surface area contributed by atoms with Crippen molar-refractivity contribution in [2.24, 2.45) is 0 Å². The molecule has 0 aliphatic rings. The van der Waals surface area contributed by atoms with E-state index < -0.39 is 0 Å². The Morgan fingerprint density at radius 1 is 1.50 bits per heavy atom. The minimum absolute atomic E-state index is 0.302. The zero-order valence-electron chi connectivity index (χ0n) is 8.55. The Balaban J connectivity index is 2.47. The number of aliphatic hydroxyl groups excluding tert-OH is 1. The average molecular weight is 214 g/mol. The summed E-state index contributed by atoms with van der Waals surface area (Å²) < 4.78 is 0. The maximum atomic E-state index is 9.05. The molecule has 1 rings (SSSR count). The van der Waals surface area contributed by atoms with Crippen molar-refractivity contribution in [3.05, 3.63) is 34.3 Å². The standard InChI is InChI=1S/C11H16ClNO/c1-8-5-10(3-4-11(8)12)7-13-6-9(2)14/h3-5,9,13-14H,6-7H2,1-2H3/t9-/m0/s1. The third-order valence-corrected chi connectivity index (χ3v) is 2.42. The van der Waals surface area contributed by atoms with Crippen LogP contribution in [-0.4, -0.2) is 17.8 Å².